The molecule has 1 unspecified atom stereocenters. The lowest BCUT2D eigenvalue weighted by molar-refractivity contribution is 0.377. The summed E-state index contributed by atoms with van der Waals surface area (Å²) in [7, 11) is -1.05. The Balaban J connectivity index is 1.81. The molecule has 4 nitrogen and oxygen atoms in total. The SMILES string of the molecule is CC(C)(C)S(=O)N1CCC[C@@H]1c1noc2cc3ccccc3cc12. The molecular formula is C19H22N2O2S. The molecule has 126 valence electrons. The van der Waals surface area contributed by atoms with Crippen molar-refractivity contribution in [3.8, 4) is 0 Å². The standard InChI is InChI=1S/C19H22N2O2S/c1-19(2,3)24(22)21-10-6-9-16(21)18-15-11-13-7-4-5-8-14(13)12-17(15)23-20-18/h4-5,7-8,11-12,16H,6,9-10H2,1-3H3/t16-,24?/m1/s1. The van der Waals surface area contributed by atoms with Crippen molar-refractivity contribution >= 4 is 32.7 Å². The monoisotopic (exact) mass is 342 g/mol. The van der Waals surface area contributed by atoms with E-state index >= 15 is 0 Å². The second-order valence-corrected chi connectivity index (χ2v) is 9.62. The third-order valence-electron chi connectivity index (χ3n) is 4.62. The summed E-state index contributed by atoms with van der Waals surface area (Å²) in [4.78, 5) is 0. The van der Waals surface area contributed by atoms with Crippen molar-refractivity contribution < 1.29 is 8.73 Å². The molecule has 5 heteroatoms. The molecule has 1 fully saturated rings. The van der Waals surface area contributed by atoms with Gasteiger partial charge in [-0.05, 0) is 56.5 Å². The molecule has 0 saturated carbocycles. The van der Waals surface area contributed by atoms with Gasteiger partial charge in [0.25, 0.3) is 0 Å². The van der Waals surface area contributed by atoms with Crippen molar-refractivity contribution in [1.29, 1.82) is 0 Å². The molecule has 1 saturated heterocycles. The molecule has 2 heterocycles. The molecule has 1 aliphatic heterocycles. The third-order valence-corrected chi connectivity index (χ3v) is 6.53. The van der Waals surface area contributed by atoms with Gasteiger partial charge in [-0.15, -0.1) is 0 Å². The summed E-state index contributed by atoms with van der Waals surface area (Å²) < 4.78 is 20.3. The largest absolute Gasteiger partial charge is 0.356 e. The van der Waals surface area contributed by atoms with E-state index in [1.165, 1.54) is 5.39 Å². The minimum absolute atomic E-state index is 0.0625. The third kappa shape index (κ3) is 2.56. The maximum absolute atomic E-state index is 12.9. The summed E-state index contributed by atoms with van der Waals surface area (Å²) >= 11 is 0. The molecule has 4 rings (SSSR count). The van der Waals surface area contributed by atoms with Crippen molar-refractivity contribution in [2.75, 3.05) is 6.54 Å². The first-order valence-corrected chi connectivity index (χ1v) is 9.52. The molecule has 0 N–H and O–H groups in total. The molecule has 0 aliphatic carbocycles. The highest BCUT2D eigenvalue weighted by atomic mass is 32.2. The van der Waals surface area contributed by atoms with Gasteiger partial charge in [-0.25, -0.2) is 8.51 Å². The Kier molecular flexibility index (Phi) is 3.73. The van der Waals surface area contributed by atoms with Crippen LogP contribution < -0.4 is 0 Å². The van der Waals surface area contributed by atoms with Crippen molar-refractivity contribution in [2.24, 2.45) is 0 Å². The van der Waals surface area contributed by atoms with Gasteiger partial charge in [-0.1, -0.05) is 29.4 Å². The van der Waals surface area contributed by atoms with Crippen LogP contribution >= 0.6 is 0 Å². The number of benzene rings is 2. The van der Waals surface area contributed by atoms with E-state index in [1.54, 1.807) is 0 Å². The van der Waals surface area contributed by atoms with E-state index in [2.05, 4.69) is 27.7 Å². The number of hydrogen-bond donors (Lipinski definition) is 0. The highest BCUT2D eigenvalue weighted by Gasteiger charge is 2.37. The van der Waals surface area contributed by atoms with Gasteiger partial charge >= 0.3 is 0 Å². The maximum Gasteiger partial charge on any atom is 0.167 e. The first kappa shape index (κ1) is 15.8. The Morgan fingerprint density at radius 3 is 2.62 bits per heavy atom. The minimum Gasteiger partial charge on any atom is -0.356 e. The van der Waals surface area contributed by atoms with Crippen LogP contribution in [0.2, 0.25) is 0 Å². The summed E-state index contributed by atoms with van der Waals surface area (Å²) in [5.74, 6) is 0. The Morgan fingerprint density at radius 2 is 1.92 bits per heavy atom. The van der Waals surface area contributed by atoms with Crippen LogP contribution in [0.15, 0.2) is 40.9 Å². The van der Waals surface area contributed by atoms with Crippen LogP contribution in [0.5, 0.6) is 0 Å². The number of hydrogen-bond acceptors (Lipinski definition) is 3. The van der Waals surface area contributed by atoms with Crippen molar-refractivity contribution in [3.63, 3.8) is 0 Å². The summed E-state index contributed by atoms with van der Waals surface area (Å²) in [5, 5.41) is 7.73. The van der Waals surface area contributed by atoms with Gasteiger partial charge in [0.2, 0.25) is 0 Å². The molecule has 24 heavy (non-hydrogen) atoms. The van der Waals surface area contributed by atoms with Crippen LogP contribution in [0.1, 0.15) is 45.3 Å². The van der Waals surface area contributed by atoms with Crippen LogP contribution in [0.4, 0.5) is 0 Å². The second-order valence-electron chi connectivity index (χ2n) is 7.42. The fourth-order valence-electron chi connectivity index (χ4n) is 3.45. The van der Waals surface area contributed by atoms with E-state index in [0.29, 0.717) is 0 Å². The zero-order valence-electron chi connectivity index (χ0n) is 14.3. The highest BCUT2D eigenvalue weighted by Crippen LogP contribution is 2.39. The Labute approximate surface area is 144 Å². The van der Waals surface area contributed by atoms with Gasteiger partial charge < -0.3 is 4.52 Å². The highest BCUT2D eigenvalue weighted by molar-refractivity contribution is 7.84. The van der Waals surface area contributed by atoms with Crippen LogP contribution in [0.25, 0.3) is 21.7 Å². The number of aromatic nitrogens is 1. The lowest BCUT2D eigenvalue weighted by Crippen LogP contribution is -2.37. The van der Waals surface area contributed by atoms with E-state index in [-0.39, 0.29) is 10.8 Å². The summed E-state index contributed by atoms with van der Waals surface area (Å²) in [5.41, 5.74) is 1.72. The minimum atomic E-state index is -1.05. The fourth-order valence-corrected chi connectivity index (χ4v) is 4.88. The van der Waals surface area contributed by atoms with Crippen molar-refractivity contribution in [3.05, 3.63) is 42.1 Å². The lowest BCUT2D eigenvalue weighted by atomic mass is 10.0. The quantitative estimate of drug-likeness (QED) is 0.685. The molecule has 2 aromatic carbocycles. The van der Waals surface area contributed by atoms with Gasteiger partial charge in [-0.3, -0.25) is 0 Å². The predicted octanol–water partition coefficient (Wildman–Crippen LogP) is 4.58. The number of fused-ring (bicyclic) bond motifs is 2. The second kappa shape index (κ2) is 5.67. The van der Waals surface area contributed by atoms with Crippen LogP contribution in [0, 0.1) is 0 Å². The summed E-state index contributed by atoms with van der Waals surface area (Å²) in [6, 6.07) is 12.5. The predicted molar refractivity (Wildman–Crippen MR) is 98.1 cm³/mol. The van der Waals surface area contributed by atoms with E-state index in [9.17, 15) is 4.21 Å². The zero-order valence-corrected chi connectivity index (χ0v) is 15.1. The van der Waals surface area contributed by atoms with Crippen LogP contribution in [-0.2, 0) is 11.0 Å². The molecule has 0 spiro atoms. The average Bonchev–Trinajstić information content (AvgIpc) is 3.17. The topological polar surface area (TPSA) is 46.3 Å². The zero-order chi connectivity index (χ0) is 16.9. The maximum atomic E-state index is 12.9. The van der Waals surface area contributed by atoms with Crippen LogP contribution in [0.3, 0.4) is 0 Å². The summed E-state index contributed by atoms with van der Waals surface area (Å²) in [6.45, 7) is 6.91. The Hall–Kier alpha value is -1.72. The number of nitrogens with zero attached hydrogens (tertiary/aromatic N) is 2. The molecule has 2 atom stereocenters. The van der Waals surface area contributed by atoms with Gasteiger partial charge in [0.15, 0.2) is 5.58 Å². The average molecular weight is 342 g/mol. The molecule has 0 radical (unpaired) electrons. The lowest BCUT2D eigenvalue weighted by Gasteiger charge is -2.29. The van der Waals surface area contributed by atoms with Crippen molar-refractivity contribution in [1.82, 2.24) is 9.46 Å². The van der Waals surface area contributed by atoms with Gasteiger partial charge in [0.05, 0.1) is 10.8 Å². The van der Waals surface area contributed by atoms with Gasteiger partial charge in [-0.2, -0.15) is 0 Å². The van der Waals surface area contributed by atoms with Gasteiger partial charge in [0.1, 0.15) is 16.7 Å². The summed E-state index contributed by atoms with van der Waals surface area (Å²) in [6.07, 6.45) is 2.00. The fraction of sp³-hybridized carbons (Fsp3) is 0.421. The first-order valence-electron chi connectivity index (χ1n) is 8.42. The van der Waals surface area contributed by atoms with E-state index in [0.717, 1.165) is 41.4 Å². The van der Waals surface area contributed by atoms with E-state index < -0.39 is 11.0 Å². The molecule has 3 aromatic rings. The Bertz CT molecular complexity index is 926. The van der Waals surface area contributed by atoms with Gasteiger partial charge in [0, 0.05) is 11.9 Å². The molecule has 0 bridgehead atoms. The number of rotatable bonds is 2. The Morgan fingerprint density at radius 1 is 1.21 bits per heavy atom. The van der Waals surface area contributed by atoms with Crippen LogP contribution in [-0.4, -0.2) is 25.0 Å². The van der Waals surface area contributed by atoms with E-state index in [4.69, 9.17) is 4.52 Å². The van der Waals surface area contributed by atoms with E-state index in [1.807, 2.05) is 39.0 Å². The molecule has 1 aliphatic rings. The molecule has 1 aromatic heterocycles. The normalized spacial score (nSPS) is 20.9. The first-order chi connectivity index (χ1) is 11.4. The smallest absolute Gasteiger partial charge is 0.167 e. The molecule has 0 amide bonds. The van der Waals surface area contributed by atoms with Crippen molar-refractivity contribution in [2.45, 2.75) is 44.4 Å². The molecular weight excluding hydrogens is 320 g/mol.